The van der Waals surface area contributed by atoms with Crippen molar-refractivity contribution in [3.8, 4) is 0 Å². The standard InChI is InChI=1S/C29H16N2O/c1-2-8-18-17(7-1)13-14-20-28(18)22-15-21-19-9-3-6-12-26(19)32-27(21)16-25(22)31-24-11-5-4-10-23(24)30-29(20)31/h1-16H. The number of benzene rings is 5. The monoisotopic (exact) mass is 408 g/mol. The summed E-state index contributed by atoms with van der Waals surface area (Å²) in [5.41, 5.74) is 6.02. The zero-order chi connectivity index (χ0) is 20.8. The number of hydrogen-bond donors (Lipinski definition) is 0. The smallest absolute Gasteiger partial charge is 0.146 e. The molecule has 32 heavy (non-hydrogen) atoms. The molecule has 0 unspecified atom stereocenters. The van der Waals surface area contributed by atoms with E-state index in [0.29, 0.717) is 0 Å². The third kappa shape index (κ3) is 1.94. The average Bonchev–Trinajstić information content (AvgIpc) is 3.41. The number of rotatable bonds is 0. The molecule has 0 atom stereocenters. The Morgan fingerprint density at radius 1 is 0.562 bits per heavy atom. The van der Waals surface area contributed by atoms with Crippen molar-refractivity contribution in [3.05, 3.63) is 97.1 Å². The van der Waals surface area contributed by atoms with Crippen LogP contribution in [0.5, 0.6) is 0 Å². The van der Waals surface area contributed by atoms with Crippen molar-refractivity contribution in [2.45, 2.75) is 0 Å². The van der Waals surface area contributed by atoms with Crippen LogP contribution in [0.4, 0.5) is 0 Å². The van der Waals surface area contributed by atoms with Crippen LogP contribution in [-0.2, 0) is 0 Å². The molecule has 0 spiro atoms. The highest BCUT2D eigenvalue weighted by molar-refractivity contribution is 6.26. The first-order valence-electron chi connectivity index (χ1n) is 10.8. The number of hydrogen-bond acceptors (Lipinski definition) is 2. The summed E-state index contributed by atoms with van der Waals surface area (Å²) in [6.45, 7) is 0. The highest BCUT2D eigenvalue weighted by Crippen LogP contribution is 2.40. The number of aromatic nitrogens is 2. The highest BCUT2D eigenvalue weighted by Gasteiger charge is 2.17. The van der Waals surface area contributed by atoms with Crippen LogP contribution >= 0.6 is 0 Å². The lowest BCUT2D eigenvalue weighted by molar-refractivity contribution is 0.669. The Labute approximate surface area is 182 Å². The third-order valence-electron chi connectivity index (χ3n) is 6.74. The van der Waals surface area contributed by atoms with E-state index >= 15 is 0 Å². The molecule has 3 heteroatoms. The van der Waals surface area contributed by atoms with Gasteiger partial charge in [0.05, 0.1) is 16.6 Å². The van der Waals surface area contributed by atoms with Crippen LogP contribution in [0.2, 0.25) is 0 Å². The van der Waals surface area contributed by atoms with Gasteiger partial charge in [-0.2, -0.15) is 0 Å². The molecule has 0 N–H and O–H groups in total. The number of fused-ring (bicyclic) bond motifs is 13. The summed E-state index contributed by atoms with van der Waals surface area (Å²) in [7, 11) is 0. The normalized spacial score (nSPS) is 12.4. The number of imidazole rings is 1. The second-order valence-electron chi connectivity index (χ2n) is 8.43. The molecule has 0 fully saturated rings. The van der Waals surface area contributed by atoms with Crippen LogP contribution in [0.15, 0.2) is 101 Å². The molecule has 8 aromatic rings. The Hall–Kier alpha value is -4.37. The first-order chi connectivity index (χ1) is 15.9. The van der Waals surface area contributed by atoms with E-state index in [1.165, 1.54) is 26.9 Å². The molecule has 0 amide bonds. The maximum Gasteiger partial charge on any atom is 0.146 e. The lowest BCUT2D eigenvalue weighted by Gasteiger charge is -2.12. The van der Waals surface area contributed by atoms with Gasteiger partial charge in [-0.25, -0.2) is 4.98 Å². The summed E-state index contributed by atoms with van der Waals surface area (Å²) < 4.78 is 8.55. The minimum absolute atomic E-state index is 0.900. The van der Waals surface area contributed by atoms with E-state index in [2.05, 4.69) is 83.3 Å². The number of pyridine rings is 1. The molecule has 0 saturated heterocycles. The Bertz CT molecular complexity index is 2040. The van der Waals surface area contributed by atoms with Gasteiger partial charge in [0.25, 0.3) is 0 Å². The second kappa shape index (κ2) is 5.65. The van der Waals surface area contributed by atoms with Gasteiger partial charge in [-0.1, -0.05) is 60.7 Å². The van der Waals surface area contributed by atoms with Gasteiger partial charge in [-0.15, -0.1) is 0 Å². The topological polar surface area (TPSA) is 30.4 Å². The van der Waals surface area contributed by atoms with Gasteiger partial charge < -0.3 is 4.42 Å². The third-order valence-corrected chi connectivity index (χ3v) is 6.74. The maximum absolute atomic E-state index is 6.26. The van der Waals surface area contributed by atoms with Crippen molar-refractivity contribution < 1.29 is 4.42 Å². The van der Waals surface area contributed by atoms with E-state index in [9.17, 15) is 0 Å². The lowest BCUT2D eigenvalue weighted by atomic mass is 9.97. The lowest BCUT2D eigenvalue weighted by Crippen LogP contribution is -1.92. The van der Waals surface area contributed by atoms with Crippen molar-refractivity contribution in [3.63, 3.8) is 0 Å². The molecular formula is C29H16N2O. The van der Waals surface area contributed by atoms with Crippen molar-refractivity contribution in [2.75, 3.05) is 0 Å². The molecule has 0 aliphatic heterocycles. The summed E-state index contributed by atoms with van der Waals surface area (Å²) in [4.78, 5) is 5.06. The van der Waals surface area contributed by atoms with Crippen LogP contribution in [0.25, 0.3) is 71.1 Å². The minimum Gasteiger partial charge on any atom is -0.456 e. The van der Waals surface area contributed by atoms with E-state index in [-0.39, 0.29) is 0 Å². The Morgan fingerprint density at radius 3 is 2.34 bits per heavy atom. The number of para-hydroxylation sites is 3. The number of nitrogens with zero attached hydrogens (tertiary/aromatic N) is 2. The van der Waals surface area contributed by atoms with Crippen LogP contribution in [0, 0.1) is 0 Å². The Balaban J connectivity index is 1.76. The highest BCUT2D eigenvalue weighted by atomic mass is 16.3. The Kier molecular flexibility index (Phi) is 2.89. The van der Waals surface area contributed by atoms with Gasteiger partial charge in [-0.05, 0) is 41.1 Å². The fourth-order valence-corrected chi connectivity index (χ4v) is 5.34. The first-order valence-corrected chi connectivity index (χ1v) is 10.8. The molecule has 0 radical (unpaired) electrons. The summed E-state index contributed by atoms with van der Waals surface area (Å²) in [6, 6.07) is 34.1. The van der Waals surface area contributed by atoms with Crippen molar-refractivity contribution >= 4 is 71.1 Å². The minimum atomic E-state index is 0.900. The van der Waals surface area contributed by atoms with Gasteiger partial charge in [0.15, 0.2) is 0 Å². The number of furan rings is 1. The summed E-state index contributed by atoms with van der Waals surface area (Å²) in [5, 5.41) is 8.40. The molecule has 0 aliphatic carbocycles. The van der Waals surface area contributed by atoms with Crippen molar-refractivity contribution in [1.29, 1.82) is 0 Å². The maximum atomic E-state index is 6.26. The van der Waals surface area contributed by atoms with E-state index in [4.69, 9.17) is 9.40 Å². The van der Waals surface area contributed by atoms with Crippen LogP contribution in [0.1, 0.15) is 0 Å². The molecule has 3 heterocycles. The van der Waals surface area contributed by atoms with Gasteiger partial charge in [0.2, 0.25) is 0 Å². The van der Waals surface area contributed by atoms with Gasteiger partial charge in [0.1, 0.15) is 16.8 Å². The fraction of sp³-hybridized carbons (Fsp3) is 0. The van der Waals surface area contributed by atoms with E-state index < -0.39 is 0 Å². The van der Waals surface area contributed by atoms with E-state index in [1.807, 2.05) is 18.2 Å². The molecule has 8 rings (SSSR count). The summed E-state index contributed by atoms with van der Waals surface area (Å²) in [5.74, 6) is 0. The first kappa shape index (κ1) is 16.3. The summed E-state index contributed by atoms with van der Waals surface area (Å²) in [6.07, 6.45) is 0. The molecule has 148 valence electrons. The van der Waals surface area contributed by atoms with E-state index in [1.54, 1.807) is 0 Å². The van der Waals surface area contributed by atoms with Gasteiger partial charge in [0, 0.05) is 33.0 Å². The predicted molar refractivity (Wildman–Crippen MR) is 132 cm³/mol. The van der Waals surface area contributed by atoms with Crippen LogP contribution in [0.3, 0.4) is 0 Å². The van der Waals surface area contributed by atoms with Gasteiger partial charge in [-0.3, -0.25) is 4.40 Å². The zero-order valence-corrected chi connectivity index (χ0v) is 17.0. The van der Waals surface area contributed by atoms with Gasteiger partial charge >= 0.3 is 0 Å². The molecule has 3 aromatic heterocycles. The quantitative estimate of drug-likeness (QED) is 0.239. The van der Waals surface area contributed by atoms with Crippen LogP contribution in [-0.4, -0.2) is 9.38 Å². The molecule has 0 bridgehead atoms. The molecule has 0 aliphatic rings. The fourth-order valence-electron chi connectivity index (χ4n) is 5.34. The van der Waals surface area contributed by atoms with Crippen LogP contribution < -0.4 is 0 Å². The summed E-state index contributed by atoms with van der Waals surface area (Å²) >= 11 is 0. The van der Waals surface area contributed by atoms with Crippen molar-refractivity contribution in [2.24, 2.45) is 0 Å². The molecule has 3 nitrogen and oxygen atoms in total. The average molecular weight is 408 g/mol. The second-order valence-corrected chi connectivity index (χ2v) is 8.43. The van der Waals surface area contributed by atoms with E-state index in [0.717, 1.165) is 44.1 Å². The SMILES string of the molecule is c1ccc2c(c1)ccc1c2c2cc3c(cc2n2c4ccccc4nc12)oc1ccccc13. The Morgan fingerprint density at radius 2 is 1.38 bits per heavy atom. The largest absolute Gasteiger partial charge is 0.456 e. The molecular weight excluding hydrogens is 392 g/mol. The predicted octanol–water partition coefficient (Wildman–Crippen LogP) is 7.85. The zero-order valence-electron chi connectivity index (χ0n) is 17.0. The molecule has 0 saturated carbocycles. The molecule has 5 aromatic carbocycles. The van der Waals surface area contributed by atoms with Crippen molar-refractivity contribution in [1.82, 2.24) is 9.38 Å².